The van der Waals surface area contributed by atoms with Crippen LogP contribution in [-0.2, 0) is 11.3 Å². The largest absolute Gasteiger partial charge is 0.481 e. The van der Waals surface area contributed by atoms with Crippen LogP contribution in [-0.4, -0.2) is 102 Å². The molecule has 156 valence electrons. The van der Waals surface area contributed by atoms with Gasteiger partial charge < -0.3 is 14.9 Å². The second-order valence-corrected chi connectivity index (χ2v) is 8.41. The number of nitrogens with zero attached hydrogens (tertiary/aromatic N) is 6. The number of hydrogen-bond acceptors (Lipinski definition) is 7. The Labute approximate surface area is 168 Å². The molecule has 0 amide bonds. The third kappa shape index (κ3) is 5.62. The molecule has 2 saturated heterocycles. The van der Waals surface area contributed by atoms with Crippen molar-refractivity contribution in [3.8, 4) is 0 Å². The molecule has 0 bridgehead atoms. The molecule has 28 heavy (non-hydrogen) atoms. The van der Waals surface area contributed by atoms with Gasteiger partial charge in [-0.05, 0) is 32.4 Å². The van der Waals surface area contributed by atoms with Crippen LogP contribution in [0.2, 0.25) is 0 Å². The maximum atomic E-state index is 11.2. The van der Waals surface area contributed by atoms with E-state index in [2.05, 4.69) is 31.7 Å². The maximum absolute atomic E-state index is 11.2. The molecule has 0 aliphatic carbocycles. The molecule has 2 aliphatic heterocycles. The fourth-order valence-electron chi connectivity index (χ4n) is 4.38. The van der Waals surface area contributed by atoms with Gasteiger partial charge in [0, 0.05) is 83.8 Å². The molecule has 2 unspecified atom stereocenters. The van der Waals surface area contributed by atoms with E-state index < -0.39 is 5.97 Å². The number of piperazine rings is 1. The van der Waals surface area contributed by atoms with E-state index in [1.165, 1.54) is 0 Å². The van der Waals surface area contributed by atoms with Gasteiger partial charge in [-0.3, -0.25) is 14.6 Å². The van der Waals surface area contributed by atoms with Crippen LogP contribution in [0.25, 0.3) is 0 Å². The van der Waals surface area contributed by atoms with Gasteiger partial charge in [0.2, 0.25) is 5.95 Å². The fraction of sp³-hybridized carbons (Fsp3) is 0.750. The quantitative estimate of drug-likeness (QED) is 0.734. The highest BCUT2D eigenvalue weighted by Crippen LogP contribution is 2.28. The minimum atomic E-state index is -0.693. The summed E-state index contributed by atoms with van der Waals surface area (Å²) in [5.74, 6) is 0.425. The molecule has 2 aliphatic rings. The van der Waals surface area contributed by atoms with Crippen LogP contribution >= 0.6 is 0 Å². The molecule has 0 aromatic carbocycles. The molecule has 8 nitrogen and oxygen atoms in total. The highest BCUT2D eigenvalue weighted by atomic mass is 16.4. The van der Waals surface area contributed by atoms with Crippen molar-refractivity contribution < 1.29 is 9.90 Å². The van der Waals surface area contributed by atoms with Crippen molar-refractivity contribution in [1.29, 1.82) is 0 Å². The summed E-state index contributed by atoms with van der Waals surface area (Å²) in [7, 11) is 6.04. The van der Waals surface area contributed by atoms with E-state index in [9.17, 15) is 9.90 Å². The van der Waals surface area contributed by atoms with Crippen LogP contribution < -0.4 is 4.90 Å². The molecule has 2 fully saturated rings. The molecule has 8 heteroatoms. The lowest BCUT2D eigenvalue weighted by atomic mass is 9.86. The van der Waals surface area contributed by atoms with Crippen LogP contribution in [0.5, 0.6) is 0 Å². The normalized spacial score (nSPS) is 25.0. The standard InChI is InChI=1S/C20H34N6O2/c1-23(2)20-21-12-16(13-22-20)14-25-7-6-18(17(15-25)4-5-19(27)28)26-10-8-24(3)9-11-26/h12-13,17-18H,4-11,14-15H2,1-3H3,(H,27,28). The summed E-state index contributed by atoms with van der Waals surface area (Å²) in [6.45, 7) is 7.18. The fourth-order valence-corrected chi connectivity index (χ4v) is 4.38. The van der Waals surface area contributed by atoms with Crippen LogP contribution in [0.1, 0.15) is 24.8 Å². The first-order valence-corrected chi connectivity index (χ1v) is 10.3. The number of likely N-dealkylation sites (tertiary alicyclic amines) is 1. The third-order valence-corrected chi connectivity index (χ3v) is 6.01. The Morgan fingerprint density at radius 3 is 2.46 bits per heavy atom. The molecule has 0 saturated carbocycles. The third-order valence-electron chi connectivity index (χ3n) is 6.01. The van der Waals surface area contributed by atoms with Gasteiger partial charge in [0.15, 0.2) is 0 Å². The van der Waals surface area contributed by atoms with E-state index in [1.807, 2.05) is 31.4 Å². The highest BCUT2D eigenvalue weighted by molar-refractivity contribution is 5.66. The predicted octanol–water partition coefficient (Wildman–Crippen LogP) is 0.845. The number of anilines is 1. The highest BCUT2D eigenvalue weighted by Gasteiger charge is 2.34. The monoisotopic (exact) mass is 390 g/mol. The minimum Gasteiger partial charge on any atom is -0.481 e. The van der Waals surface area contributed by atoms with Gasteiger partial charge in [0.25, 0.3) is 0 Å². The van der Waals surface area contributed by atoms with E-state index in [0.29, 0.717) is 12.0 Å². The van der Waals surface area contributed by atoms with Crippen molar-refractivity contribution in [1.82, 2.24) is 24.7 Å². The van der Waals surface area contributed by atoms with E-state index in [4.69, 9.17) is 0 Å². The topological polar surface area (TPSA) is 76.0 Å². The second-order valence-electron chi connectivity index (χ2n) is 8.41. The van der Waals surface area contributed by atoms with Gasteiger partial charge >= 0.3 is 5.97 Å². The van der Waals surface area contributed by atoms with Crippen molar-refractivity contribution in [2.75, 3.05) is 65.3 Å². The molecule has 3 rings (SSSR count). The molecule has 3 heterocycles. The lowest BCUT2D eigenvalue weighted by Gasteiger charge is -2.46. The zero-order chi connectivity index (χ0) is 20.1. The van der Waals surface area contributed by atoms with Crippen molar-refractivity contribution in [2.24, 2.45) is 5.92 Å². The lowest BCUT2D eigenvalue weighted by Crippen LogP contribution is -2.56. The van der Waals surface area contributed by atoms with Crippen molar-refractivity contribution in [3.63, 3.8) is 0 Å². The summed E-state index contributed by atoms with van der Waals surface area (Å²) in [6.07, 6.45) is 5.91. The molecule has 0 spiro atoms. The molecule has 1 N–H and O–H groups in total. The zero-order valence-electron chi connectivity index (χ0n) is 17.4. The second kappa shape index (κ2) is 9.62. The van der Waals surface area contributed by atoms with E-state index in [1.54, 1.807) is 0 Å². The number of hydrogen-bond donors (Lipinski definition) is 1. The Morgan fingerprint density at radius 2 is 1.86 bits per heavy atom. The van der Waals surface area contributed by atoms with Gasteiger partial charge in [-0.25, -0.2) is 9.97 Å². The number of carboxylic acid groups (broad SMARTS) is 1. The van der Waals surface area contributed by atoms with Gasteiger partial charge in [-0.1, -0.05) is 0 Å². The van der Waals surface area contributed by atoms with Crippen molar-refractivity contribution in [3.05, 3.63) is 18.0 Å². The number of carbonyl (C=O) groups is 1. The van der Waals surface area contributed by atoms with Gasteiger partial charge in [-0.2, -0.15) is 0 Å². The molecule has 0 radical (unpaired) electrons. The molecule has 1 aromatic rings. The Morgan fingerprint density at radius 1 is 1.18 bits per heavy atom. The number of rotatable bonds is 7. The molecular weight excluding hydrogens is 356 g/mol. The SMILES string of the molecule is CN1CCN(C2CCN(Cc3cnc(N(C)C)nc3)CC2CCC(=O)O)CC1. The first-order valence-electron chi connectivity index (χ1n) is 10.3. The summed E-state index contributed by atoms with van der Waals surface area (Å²) >= 11 is 0. The summed E-state index contributed by atoms with van der Waals surface area (Å²) in [6, 6.07) is 0.497. The van der Waals surface area contributed by atoms with E-state index >= 15 is 0 Å². The van der Waals surface area contributed by atoms with Crippen LogP contribution in [0.3, 0.4) is 0 Å². The number of aromatic nitrogens is 2. The Balaban J connectivity index is 1.61. The average Bonchev–Trinajstić information content (AvgIpc) is 2.68. The summed E-state index contributed by atoms with van der Waals surface area (Å²) in [5.41, 5.74) is 1.11. The molecule has 2 atom stereocenters. The summed E-state index contributed by atoms with van der Waals surface area (Å²) in [5, 5.41) is 9.19. The first-order chi connectivity index (χ1) is 13.4. The lowest BCUT2D eigenvalue weighted by molar-refractivity contribution is -0.137. The Hall–Kier alpha value is -1.77. The number of likely N-dealkylation sites (N-methyl/N-ethyl adjacent to an activating group) is 1. The zero-order valence-corrected chi connectivity index (χ0v) is 17.4. The first kappa shape index (κ1) is 21.0. The number of piperidine rings is 1. The smallest absolute Gasteiger partial charge is 0.303 e. The number of carboxylic acids is 1. The Bertz CT molecular complexity index is 630. The van der Waals surface area contributed by atoms with Crippen LogP contribution in [0, 0.1) is 5.92 Å². The predicted molar refractivity (Wildman–Crippen MR) is 109 cm³/mol. The molecular formula is C20H34N6O2. The minimum absolute atomic E-state index is 0.253. The van der Waals surface area contributed by atoms with Gasteiger partial charge in [0.05, 0.1) is 0 Å². The van der Waals surface area contributed by atoms with Crippen LogP contribution in [0.4, 0.5) is 5.95 Å². The van der Waals surface area contributed by atoms with Gasteiger partial charge in [0.1, 0.15) is 0 Å². The van der Waals surface area contributed by atoms with E-state index in [-0.39, 0.29) is 6.42 Å². The van der Waals surface area contributed by atoms with Crippen molar-refractivity contribution in [2.45, 2.75) is 31.8 Å². The maximum Gasteiger partial charge on any atom is 0.303 e. The average molecular weight is 391 g/mol. The van der Waals surface area contributed by atoms with Crippen molar-refractivity contribution >= 4 is 11.9 Å². The number of aliphatic carboxylic acids is 1. The summed E-state index contributed by atoms with van der Waals surface area (Å²) < 4.78 is 0. The Kier molecular flexibility index (Phi) is 7.20. The summed E-state index contributed by atoms with van der Waals surface area (Å²) in [4.78, 5) is 29.3. The van der Waals surface area contributed by atoms with Gasteiger partial charge in [-0.15, -0.1) is 0 Å². The van der Waals surface area contributed by atoms with Crippen LogP contribution in [0.15, 0.2) is 12.4 Å². The molecule has 1 aromatic heterocycles. The van der Waals surface area contributed by atoms with E-state index in [0.717, 1.165) is 70.2 Å².